The second-order valence-corrected chi connectivity index (χ2v) is 8.32. The number of nitrogens with one attached hydrogen (secondary N) is 1. The van der Waals surface area contributed by atoms with E-state index in [9.17, 15) is 4.79 Å². The van der Waals surface area contributed by atoms with E-state index in [2.05, 4.69) is 41.0 Å². The van der Waals surface area contributed by atoms with Crippen LogP contribution in [0.2, 0.25) is 0 Å². The van der Waals surface area contributed by atoms with Crippen molar-refractivity contribution in [2.45, 2.75) is 31.9 Å². The van der Waals surface area contributed by atoms with E-state index >= 15 is 0 Å². The van der Waals surface area contributed by atoms with E-state index in [0.29, 0.717) is 5.56 Å². The molecule has 2 aliphatic heterocycles. The van der Waals surface area contributed by atoms with E-state index in [-0.39, 0.29) is 17.6 Å². The molecule has 1 N–H and O–H groups in total. The van der Waals surface area contributed by atoms with Gasteiger partial charge >= 0.3 is 0 Å². The predicted octanol–water partition coefficient (Wildman–Crippen LogP) is 2.87. The monoisotopic (exact) mass is 380 g/mol. The number of amides is 1. The van der Waals surface area contributed by atoms with E-state index in [0.717, 1.165) is 49.7 Å². The normalized spacial score (nSPS) is 21.5. The van der Waals surface area contributed by atoms with Crippen LogP contribution in [-0.2, 0) is 0 Å². The first-order valence-electron chi connectivity index (χ1n) is 9.90. The lowest BCUT2D eigenvalue weighted by Gasteiger charge is -2.38. The predicted molar refractivity (Wildman–Crippen MR) is 110 cm³/mol. The second kappa shape index (κ2) is 7.43. The number of anilines is 1. The van der Waals surface area contributed by atoms with Crippen LogP contribution in [0.1, 0.15) is 42.2 Å². The van der Waals surface area contributed by atoms with Crippen LogP contribution in [0.25, 0.3) is 0 Å². The molecule has 2 aromatic rings. The number of piperazine rings is 1. The molecule has 28 heavy (non-hydrogen) atoms. The van der Waals surface area contributed by atoms with Crippen LogP contribution >= 0.6 is 0 Å². The molecule has 1 aromatic heterocycles. The topological polar surface area (TPSA) is 57.7 Å². The zero-order chi connectivity index (χ0) is 19.7. The van der Waals surface area contributed by atoms with E-state index in [4.69, 9.17) is 4.74 Å². The number of carbonyl (C=O) groups is 1. The molecule has 6 heteroatoms. The Hall–Kier alpha value is -2.60. The molecule has 0 spiro atoms. The summed E-state index contributed by atoms with van der Waals surface area (Å²) in [4.78, 5) is 22.0. The highest BCUT2D eigenvalue weighted by atomic mass is 16.5. The average molecular weight is 380 g/mol. The van der Waals surface area contributed by atoms with E-state index < -0.39 is 0 Å². The van der Waals surface area contributed by atoms with E-state index in [1.807, 2.05) is 30.3 Å². The smallest absolute Gasteiger partial charge is 0.251 e. The Kier molecular flexibility index (Phi) is 4.98. The lowest BCUT2D eigenvalue weighted by Crippen LogP contribution is -2.45. The van der Waals surface area contributed by atoms with Gasteiger partial charge in [-0.1, -0.05) is 18.2 Å². The lowest BCUT2D eigenvalue weighted by atomic mass is 9.89. The Morgan fingerprint density at radius 1 is 1.18 bits per heavy atom. The molecule has 1 unspecified atom stereocenters. The largest absolute Gasteiger partial charge is 0.487 e. The molecule has 0 bridgehead atoms. The summed E-state index contributed by atoms with van der Waals surface area (Å²) in [5.41, 5.74) is 1.35. The zero-order valence-electron chi connectivity index (χ0n) is 16.8. The van der Waals surface area contributed by atoms with Gasteiger partial charge in [-0.05, 0) is 39.1 Å². The average Bonchev–Trinajstić information content (AvgIpc) is 2.68. The van der Waals surface area contributed by atoms with Crippen molar-refractivity contribution < 1.29 is 9.53 Å². The van der Waals surface area contributed by atoms with Gasteiger partial charge in [0.05, 0.1) is 6.04 Å². The summed E-state index contributed by atoms with van der Waals surface area (Å²) in [7, 11) is 2.13. The van der Waals surface area contributed by atoms with Crippen LogP contribution in [0, 0.1) is 0 Å². The minimum absolute atomic E-state index is 0.0738. The maximum Gasteiger partial charge on any atom is 0.251 e. The molecular weight excluding hydrogens is 352 g/mol. The van der Waals surface area contributed by atoms with Crippen molar-refractivity contribution in [2.24, 2.45) is 0 Å². The van der Waals surface area contributed by atoms with Gasteiger partial charge in [-0.2, -0.15) is 0 Å². The van der Waals surface area contributed by atoms with Gasteiger partial charge < -0.3 is 19.9 Å². The zero-order valence-corrected chi connectivity index (χ0v) is 16.8. The molecule has 3 heterocycles. The Bertz CT molecular complexity index is 859. The maximum atomic E-state index is 13.0. The molecule has 6 nitrogen and oxygen atoms in total. The number of hydrogen-bond donors (Lipinski definition) is 1. The molecular formula is C22H28N4O2. The van der Waals surface area contributed by atoms with Gasteiger partial charge in [-0.15, -0.1) is 0 Å². The number of fused-ring (bicyclic) bond motifs is 1. The van der Waals surface area contributed by atoms with Crippen molar-refractivity contribution >= 4 is 11.7 Å². The molecule has 0 radical (unpaired) electrons. The van der Waals surface area contributed by atoms with Crippen LogP contribution in [-0.4, -0.2) is 54.6 Å². The van der Waals surface area contributed by atoms with Gasteiger partial charge in [0.25, 0.3) is 5.91 Å². The number of benzene rings is 1. The van der Waals surface area contributed by atoms with Crippen LogP contribution < -0.4 is 15.0 Å². The third kappa shape index (κ3) is 3.97. The number of aromatic nitrogens is 1. The molecule has 1 atom stereocenters. The lowest BCUT2D eigenvalue weighted by molar-refractivity contribution is 0.0619. The molecule has 4 rings (SSSR count). The fraction of sp³-hybridized carbons (Fsp3) is 0.455. The van der Waals surface area contributed by atoms with Crippen LogP contribution in [0.4, 0.5) is 5.82 Å². The molecule has 1 aromatic carbocycles. The van der Waals surface area contributed by atoms with Crippen molar-refractivity contribution in [2.75, 3.05) is 38.1 Å². The number of pyridine rings is 1. The summed E-state index contributed by atoms with van der Waals surface area (Å²) in [6, 6.07) is 11.5. The summed E-state index contributed by atoms with van der Waals surface area (Å²) < 4.78 is 6.07. The number of carbonyl (C=O) groups excluding carboxylic acids is 1. The quantitative estimate of drug-likeness (QED) is 0.887. The van der Waals surface area contributed by atoms with Gasteiger partial charge in [0, 0.05) is 49.9 Å². The van der Waals surface area contributed by atoms with Gasteiger partial charge in [-0.3, -0.25) is 4.79 Å². The highest BCUT2D eigenvalue weighted by Crippen LogP contribution is 2.39. The van der Waals surface area contributed by atoms with E-state index in [1.54, 1.807) is 12.3 Å². The number of hydrogen-bond acceptors (Lipinski definition) is 5. The van der Waals surface area contributed by atoms with Crippen LogP contribution in [0.5, 0.6) is 5.75 Å². The third-order valence-corrected chi connectivity index (χ3v) is 5.52. The van der Waals surface area contributed by atoms with Gasteiger partial charge in [-0.25, -0.2) is 4.98 Å². The molecule has 2 aliphatic rings. The fourth-order valence-corrected chi connectivity index (χ4v) is 3.94. The van der Waals surface area contributed by atoms with Gasteiger partial charge in [0.15, 0.2) is 0 Å². The van der Waals surface area contributed by atoms with E-state index in [1.165, 1.54) is 0 Å². The minimum Gasteiger partial charge on any atom is -0.487 e. The Morgan fingerprint density at radius 3 is 2.71 bits per heavy atom. The molecule has 148 valence electrons. The summed E-state index contributed by atoms with van der Waals surface area (Å²) in [6.45, 7) is 7.98. The minimum atomic E-state index is -0.324. The second-order valence-electron chi connectivity index (χ2n) is 8.32. The summed E-state index contributed by atoms with van der Waals surface area (Å²) in [5, 5.41) is 3.21. The van der Waals surface area contributed by atoms with Gasteiger partial charge in [0.1, 0.15) is 17.2 Å². The van der Waals surface area contributed by atoms with Gasteiger partial charge in [0.2, 0.25) is 0 Å². The number of ether oxygens (including phenoxy) is 1. The maximum absolute atomic E-state index is 13.0. The van der Waals surface area contributed by atoms with Crippen LogP contribution in [0.3, 0.4) is 0 Å². The Morgan fingerprint density at radius 2 is 1.93 bits per heavy atom. The third-order valence-electron chi connectivity index (χ3n) is 5.52. The summed E-state index contributed by atoms with van der Waals surface area (Å²) in [6.07, 6.45) is 2.45. The van der Waals surface area contributed by atoms with Crippen molar-refractivity contribution in [1.29, 1.82) is 0 Å². The first kappa shape index (κ1) is 18.7. The first-order chi connectivity index (χ1) is 13.4. The van der Waals surface area contributed by atoms with Crippen molar-refractivity contribution in [3.8, 4) is 5.75 Å². The van der Waals surface area contributed by atoms with Crippen molar-refractivity contribution in [1.82, 2.24) is 15.2 Å². The summed E-state index contributed by atoms with van der Waals surface area (Å²) in [5.74, 6) is 1.64. The number of likely N-dealkylation sites (N-methyl/N-ethyl adjacent to an activating group) is 1. The fourth-order valence-electron chi connectivity index (χ4n) is 3.94. The van der Waals surface area contributed by atoms with Crippen LogP contribution in [0.15, 0.2) is 42.6 Å². The molecule has 1 amide bonds. The highest BCUT2D eigenvalue weighted by Gasteiger charge is 2.34. The number of para-hydroxylation sites is 1. The summed E-state index contributed by atoms with van der Waals surface area (Å²) >= 11 is 0. The van der Waals surface area contributed by atoms with Crippen molar-refractivity contribution in [3.63, 3.8) is 0 Å². The molecule has 1 fully saturated rings. The number of nitrogens with zero attached hydrogens (tertiary/aromatic N) is 3. The van der Waals surface area contributed by atoms with Crippen molar-refractivity contribution in [3.05, 3.63) is 53.7 Å². The SMILES string of the molecule is CN1CCN(c2cc(C(=O)NC3CC(C)(C)Oc4ccccc43)ccn2)CC1. The molecule has 1 saturated heterocycles. The standard InChI is InChI=1S/C22H28N4O2/c1-22(2)15-18(17-6-4-5-7-19(17)28-22)24-21(27)16-8-9-23-20(14-16)26-12-10-25(3)11-13-26/h4-9,14,18H,10-13,15H2,1-3H3,(H,24,27). The molecule has 0 aliphatic carbocycles. The highest BCUT2D eigenvalue weighted by molar-refractivity contribution is 5.95. The number of rotatable bonds is 3. The first-order valence-corrected chi connectivity index (χ1v) is 9.90. The Labute approximate surface area is 166 Å². The molecule has 0 saturated carbocycles. The Balaban J connectivity index is 1.52.